The van der Waals surface area contributed by atoms with Crippen molar-refractivity contribution in [3.05, 3.63) is 23.5 Å². The van der Waals surface area contributed by atoms with Crippen LogP contribution in [0.1, 0.15) is 31.0 Å². The van der Waals surface area contributed by atoms with Gasteiger partial charge in [-0.05, 0) is 25.8 Å². The van der Waals surface area contributed by atoms with E-state index in [1.807, 2.05) is 4.90 Å². The minimum Gasteiger partial charge on any atom is -0.399 e. The lowest BCUT2D eigenvalue weighted by Gasteiger charge is -2.21. The molecule has 1 fully saturated rings. The molecule has 1 saturated heterocycles. The summed E-state index contributed by atoms with van der Waals surface area (Å²) in [6, 6.07) is 1.14. The van der Waals surface area contributed by atoms with Gasteiger partial charge in [0.1, 0.15) is 18.5 Å². The third-order valence-corrected chi connectivity index (χ3v) is 3.21. The van der Waals surface area contributed by atoms with Crippen LogP contribution in [0.15, 0.2) is 17.4 Å². The van der Waals surface area contributed by atoms with Gasteiger partial charge >= 0.3 is 6.18 Å². The number of halogens is 3. The van der Waals surface area contributed by atoms with Crippen molar-refractivity contribution in [2.75, 3.05) is 25.1 Å². The van der Waals surface area contributed by atoms with Crippen LogP contribution in [0, 0.1) is 0 Å². The zero-order valence-electron chi connectivity index (χ0n) is 11.4. The number of aromatic nitrogens is 1. The summed E-state index contributed by atoms with van der Waals surface area (Å²) >= 11 is 0. The molecule has 0 aliphatic carbocycles. The number of pyridine rings is 1. The summed E-state index contributed by atoms with van der Waals surface area (Å²) in [6.45, 7) is 3.13. The molecular formula is C13H16F3N3O. The van der Waals surface area contributed by atoms with Crippen LogP contribution in [0.3, 0.4) is 0 Å². The fourth-order valence-electron chi connectivity index (χ4n) is 2.27. The molecule has 0 amide bonds. The van der Waals surface area contributed by atoms with Crippen molar-refractivity contribution >= 4 is 11.4 Å². The molecular weight excluding hydrogens is 271 g/mol. The lowest BCUT2D eigenvalue weighted by molar-refractivity contribution is -0.137. The van der Waals surface area contributed by atoms with Gasteiger partial charge in [0.05, 0.1) is 11.3 Å². The van der Waals surface area contributed by atoms with Gasteiger partial charge in [-0.3, -0.25) is 4.98 Å². The maximum absolute atomic E-state index is 12.8. The molecule has 0 N–H and O–H groups in total. The number of rotatable bonds is 3. The van der Waals surface area contributed by atoms with Gasteiger partial charge in [0.2, 0.25) is 0 Å². The predicted molar refractivity (Wildman–Crippen MR) is 69.9 cm³/mol. The number of nitrogens with zero attached hydrogens (tertiary/aromatic N) is 3. The first-order valence-corrected chi connectivity index (χ1v) is 6.34. The summed E-state index contributed by atoms with van der Waals surface area (Å²) in [4.78, 5) is 10.5. The largest absolute Gasteiger partial charge is 0.417 e. The van der Waals surface area contributed by atoms with Crippen molar-refractivity contribution in [2.45, 2.75) is 25.9 Å². The van der Waals surface area contributed by atoms with E-state index in [0.29, 0.717) is 17.1 Å². The van der Waals surface area contributed by atoms with Crippen LogP contribution in [0.2, 0.25) is 0 Å². The molecule has 1 aromatic heterocycles. The number of oxime groups is 1. The Kier molecular flexibility index (Phi) is 4.15. The van der Waals surface area contributed by atoms with Crippen molar-refractivity contribution in [1.82, 2.24) is 4.98 Å². The second kappa shape index (κ2) is 5.68. The quantitative estimate of drug-likeness (QED) is 0.633. The van der Waals surface area contributed by atoms with Gasteiger partial charge in [-0.2, -0.15) is 13.2 Å². The molecule has 0 radical (unpaired) electrons. The molecule has 0 unspecified atom stereocenters. The molecule has 2 heterocycles. The summed E-state index contributed by atoms with van der Waals surface area (Å²) in [7, 11) is 1.39. The van der Waals surface area contributed by atoms with Gasteiger partial charge in [-0.25, -0.2) is 0 Å². The lowest BCUT2D eigenvalue weighted by Crippen LogP contribution is -2.22. The smallest absolute Gasteiger partial charge is 0.399 e. The van der Waals surface area contributed by atoms with Crippen molar-refractivity contribution in [1.29, 1.82) is 0 Å². The maximum Gasteiger partial charge on any atom is 0.417 e. The van der Waals surface area contributed by atoms with E-state index in [1.165, 1.54) is 7.11 Å². The average molecular weight is 287 g/mol. The van der Waals surface area contributed by atoms with Crippen LogP contribution < -0.4 is 4.90 Å². The highest BCUT2D eigenvalue weighted by atomic mass is 19.4. The van der Waals surface area contributed by atoms with Gasteiger partial charge < -0.3 is 9.74 Å². The van der Waals surface area contributed by atoms with Gasteiger partial charge in [-0.1, -0.05) is 5.16 Å². The zero-order valence-corrected chi connectivity index (χ0v) is 11.4. The highest BCUT2D eigenvalue weighted by Crippen LogP contribution is 2.33. The summed E-state index contributed by atoms with van der Waals surface area (Å²) in [5.41, 5.74) is 0.619. The molecule has 2 rings (SSSR count). The van der Waals surface area contributed by atoms with E-state index in [9.17, 15) is 13.2 Å². The lowest BCUT2D eigenvalue weighted by atomic mass is 10.1. The van der Waals surface area contributed by atoms with Crippen LogP contribution in [0.25, 0.3) is 0 Å². The van der Waals surface area contributed by atoms with Crippen LogP contribution in [0.5, 0.6) is 0 Å². The molecule has 4 nitrogen and oxygen atoms in total. The molecule has 20 heavy (non-hydrogen) atoms. The minimum absolute atomic E-state index is 0.432. The first-order chi connectivity index (χ1) is 9.43. The number of anilines is 1. The average Bonchev–Trinajstić information content (AvgIpc) is 2.91. The summed E-state index contributed by atoms with van der Waals surface area (Å²) in [5.74, 6) is 0. The molecule has 0 aromatic carbocycles. The highest BCUT2D eigenvalue weighted by Gasteiger charge is 2.33. The van der Waals surface area contributed by atoms with Crippen molar-refractivity contribution in [3.8, 4) is 0 Å². The Labute approximate surface area is 115 Å². The Balaban J connectivity index is 2.48. The van der Waals surface area contributed by atoms with Gasteiger partial charge in [-0.15, -0.1) is 0 Å². The Hall–Kier alpha value is -1.79. The topological polar surface area (TPSA) is 37.7 Å². The second-order valence-corrected chi connectivity index (χ2v) is 4.64. The number of hydrogen-bond donors (Lipinski definition) is 0. The molecule has 7 heteroatoms. The number of hydrogen-bond acceptors (Lipinski definition) is 4. The van der Waals surface area contributed by atoms with E-state index in [0.717, 1.165) is 38.2 Å². The normalized spacial score (nSPS) is 16.6. The maximum atomic E-state index is 12.8. The summed E-state index contributed by atoms with van der Waals surface area (Å²) in [5, 5.41) is 3.76. The van der Waals surface area contributed by atoms with E-state index in [-0.39, 0.29) is 0 Å². The third kappa shape index (κ3) is 3.02. The summed E-state index contributed by atoms with van der Waals surface area (Å²) < 4.78 is 38.5. The fourth-order valence-corrected chi connectivity index (χ4v) is 2.27. The third-order valence-electron chi connectivity index (χ3n) is 3.21. The van der Waals surface area contributed by atoms with Crippen LogP contribution in [-0.4, -0.2) is 30.9 Å². The zero-order chi connectivity index (χ0) is 14.8. The van der Waals surface area contributed by atoms with Gasteiger partial charge in [0.15, 0.2) is 0 Å². The molecule has 1 aliphatic heterocycles. The monoisotopic (exact) mass is 287 g/mol. The van der Waals surface area contributed by atoms with Gasteiger partial charge in [0, 0.05) is 19.3 Å². The van der Waals surface area contributed by atoms with E-state index in [1.54, 1.807) is 6.92 Å². The van der Waals surface area contributed by atoms with E-state index in [2.05, 4.69) is 15.0 Å². The number of alkyl halides is 3. The molecule has 0 atom stereocenters. The highest BCUT2D eigenvalue weighted by molar-refractivity contribution is 6.01. The van der Waals surface area contributed by atoms with E-state index < -0.39 is 11.7 Å². The van der Waals surface area contributed by atoms with Crippen LogP contribution in [0.4, 0.5) is 18.9 Å². The molecule has 1 aromatic rings. The van der Waals surface area contributed by atoms with Gasteiger partial charge in [0.25, 0.3) is 0 Å². The van der Waals surface area contributed by atoms with Crippen LogP contribution in [-0.2, 0) is 11.0 Å². The van der Waals surface area contributed by atoms with E-state index >= 15 is 0 Å². The first kappa shape index (κ1) is 14.6. The molecule has 0 spiro atoms. The molecule has 110 valence electrons. The Bertz CT molecular complexity index is 508. The molecule has 0 bridgehead atoms. The Morgan fingerprint density at radius 2 is 2.00 bits per heavy atom. The first-order valence-electron chi connectivity index (χ1n) is 6.34. The molecule has 1 aliphatic rings. The second-order valence-electron chi connectivity index (χ2n) is 4.64. The minimum atomic E-state index is -4.40. The fraction of sp³-hybridized carbons (Fsp3) is 0.538. The Morgan fingerprint density at radius 3 is 2.55 bits per heavy atom. The van der Waals surface area contributed by atoms with Crippen molar-refractivity contribution in [3.63, 3.8) is 0 Å². The molecule has 0 saturated carbocycles. The van der Waals surface area contributed by atoms with Crippen LogP contribution >= 0.6 is 0 Å². The summed E-state index contributed by atoms with van der Waals surface area (Å²) in [6.07, 6.45) is -1.62. The van der Waals surface area contributed by atoms with E-state index in [4.69, 9.17) is 0 Å². The SMILES string of the molecule is CO/N=C(/C)c1ncc(C(F)(F)F)cc1N1CCCC1. The Morgan fingerprint density at radius 1 is 1.35 bits per heavy atom. The standard InChI is InChI=1S/C13H16F3N3O/c1-9(18-20-2)12-11(19-5-3-4-6-19)7-10(8-17-12)13(14,15)16/h7-8H,3-6H2,1-2H3/b18-9-. The van der Waals surface area contributed by atoms with Crippen molar-refractivity contribution in [2.24, 2.45) is 5.16 Å². The predicted octanol–water partition coefficient (Wildman–Crippen LogP) is 3.07. The van der Waals surface area contributed by atoms with Crippen molar-refractivity contribution < 1.29 is 18.0 Å².